The first-order valence-electron chi connectivity index (χ1n) is 3.71. The van der Waals surface area contributed by atoms with Crippen LogP contribution < -0.4 is 4.74 Å². The molecule has 1 rings (SSSR count). The number of halogens is 2. The number of alkyl halides is 2. The second-order valence-corrected chi connectivity index (χ2v) is 3.67. The summed E-state index contributed by atoms with van der Waals surface area (Å²) in [6.07, 6.45) is 0. The van der Waals surface area contributed by atoms with Gasteiger partial charge in [0.2, 0.25) is 0 Å². The van der Waals surface area contributed by atoms with Gasteiger partial charge in [-0.05, 0) is 12.1 Å². The second-order valence-electron chi connectivity index (χ2n) is 2.38. The number of para-hydroxylation sites is 1. The van der Waals surface area contributed by atoms with E-state index in [1.165, 1.54) is 0 Å². The molecule has 0 fully saturated rings. The van der Waals surface area contributed by atoms with Gasteiger partial charge in [-0.3, -0.25) is 0 Å². The van der Waals surface area contributed by atoms with E-state index >= 15 is 0 Å². The maximum absolute atomic E-state index is 12.0. The largest absolute Gasteiger partial charge is 0.492 e. The highest BCUT2D eigenvalue weighted by atomic mass is 79.9. The molecule has 0 amide bonds. The number of rotatable bonds is 4. The third-order valence-corrected chi connectivity index (χ3v) is 1.85. The molecule has 1 nitrogen and oxygen atoms in total. The van der Waals surface area contributed by atoms with Gasteiger partial charge in [0, 0.05) is 0 Å². The zero-order valence-electron chi connectivity index (χ0n) is 6.54. The maximum Gasteiger partial charge on any atom is 0.119 e. The molecule has 1 atom stereocenters. The summed E-state index contributed by atoms with van der Waals surface area (Å²) in [5.74, 6) is 0.774. The van der Waals surface area contributed by atoms with Gasteiger partial charge in [0.05, 0.1) is 4.83 Å². The Morgan fingerprint density at radius 1 is 1.33 bits per heavy atom. The van der Waals surface area contributed by atoms with Crippen molar-refractivity contribution < 1.29 is 9.13 Å². The predicted octanol–water partition coefficient (Wildman–Crippen LogP) is 2.80. The summed E-state index contributed by atoms with van der Waals surface area (Å²) in [5, 5.41) is 0. The summed E-state index contributed by atoms with van der Waals surface area (Å²) >= 11 is 3.13. The first-order valence-corrected chi connectivity index (χ1v) is 4.62. The predicted molar refractivity (Wildman–Crippen MR) is 50.6 cm³/mol. The molecule has 0 aliphatic heterocycles. The third-order valence-electron chi connectivity index (χ3n) is 1.34. The van der Waals surface area contributed by atoms with Crippen LogP contribution in [0.4, 0.5) is 4.39 Å². The minimum atomic E-state index is -0.410. The molecule has 0 saturated heterocycles. The Hall–Kier alpha value is -0.570. The van der Waals surface area contributed by atoms with Crippen LogP contribution in [0.2, 0.25) is 0 Å². The average molecular weight is 233 g/mol. The molecule has 0 heterocycles. The van der Waals surface area contributed by atoms with E-state index in [0.717, 1.165) is 5.75 Å². The van der Waals surface area contributed by atoms with E-state index in [1.54, 1.807) is 0 Å². The van der Waals surface area contributed by atoms with E-state index in [1.807, 2.05) is 30.3 Å². The maximum atomic E-state index is 12.0. The van der Waals surface area contributed by atoms with E-state index in [2.05, 4.69) is 15.9 Å². The Labute approximate surface area is 79.7 Å². The number of ether oxygens (including phenoxy) is 1. The third kappa shape index (κ3) is 3.22. The Balaban J connectivity index is 2.33. The molecule has 0 bridgehead atoms. The van der Waals surface area contributed by atoms with Gasteiger partial charge in [-0.15, -0.1) is 0 Å². The van der Waals surface area contributed by atoms with E-state index < -0.39 is 6.67 Å². The van der Waals surface area contributed by atoms with Gasteiger partial charge < -0.3 is 4.74 Å². The van der Waals surface area contributed by atoms with Crippen LogP contribution in [0, 0.1) is 0 Å². The fourth-order valence-electron chi connectivity index (χ4n) is 0.748. The summed E-state index contributed by atoms with van der Waals surface area (Å²) in [6, 6.07) is 9.37. The molecule has 1 aromatic carbocycles. The quantitative estimate of drug-likeness (QED) is 0.726. The fraction of sp³-hybridized carbons (Fsp3) is 0.333. The molecule has 3 heteroatoms. The summed E-state index contributed by atoms with van der Waals surface area (Å²) in [7, 11) is 0. The zero-order chi connectivity index (χ0) is 8.81. The van der Waals surface area contributed by atoms with Crippen molar-refractivity contribution in [3.63, 3.8) is 0 Å². The second kappa shape index (κ2) is 5.14. The van der Waals surface area contributed by atoms with Crippen LogP contribution in [0.1, 0.15) is 0 Å². The number of hydrogen-bond acceptors (Lipinski definition) is 1. The topological polar surface area (TPSA) is 9.23 Å². The van der Waals surface area contributed by atoms with Gasteiger partial charge in [0.1, 0.15) is 19.0 Å². The highest BCUT2D eigenvalue weighted by Gasteiger charge is 2.02. The molecule has 0 spiro atoms. The Kier molecular flexibility index (Phi) is 4.08. The van der Waals surface area contributed by atoms with Gasteiger partial charge in [-0.1, -0.05) is 34.1 Å². The lowest BCUT2D eigenvalue weighted by Gasteiger charge is -2.07. The molecule has 66 valence electrons. The monoisotopic (exact) mass is 232 g/mol. The molecule has 0 aliphatic rings. The number of hydrogen-bond donors (Lipinski definition) is 0. The Morgan fingerprint density at radius 3 is 2.58 bits per heavy atom. The van der Waals surface area contributed by atoms with Crippen LogP contribution in [0.25, 0.3) is 0 Å². The first-order chi connectivity index (χ1) is 5.83. The van der Waals surface area contributed by atoms with Gasteiger partial charge in [0.15, 0.2) is 0 Å². The molecule has 0 radical (unpaired) electrons. The van der Waals surface area contributed by atoms with Crippen molar-refractivity contribution in [1.29, 1.82) is 0 Å². The zero-order valence-corrected chi connectivity index (χ0v) is 8.13. The normalized spacial score (nSPS) is 12.5. The first kappa shape index (κ1) is 9.52. The van der Waals surface area contributed by atoms with E-state index in [-0.39, 0.29) is 4.83 Å². The van der Waals surface area contributed by atoms with Crippen molar-refractivity contribution in [2.45, 2.75) is 4.83 Å². The smallest absolute Gasteiger partial charge is 0.119 e. The van der Waals surface area contributed by atoms with Crippen molar-refractivity contribution in [3.8, 4) is 5.75 Å². The van der Waals surface area contributed by atoms with Crippen LogP contribution in [-0.4, -0.2) is 18.1 Å². The van der Waals surface area contributed by atoms with Crippen molar-refractivity contribution in [3.05, 3.63) is 30.3 Å². The van der Waals surface area contributed by atoms with Crippen molar-refractivity contribution in [2.24, 2.45) is 0 Å². The fourth-order valence-corrected chi connectivity index (χ4v) is 0.880. The minimum absolute atomic E-state index is 0.210. The summed E-state index contributed by atoms with van der Waals surface area (Å²) in [6.45, 7) is -0.0483. The standard InChI is InChI=1S/C9H10BrFO/c10-8(6-11)7-12-9-4-2-1-3-5-9/h1-5,8H,6-7H2. The highest BCUT2D eigenvalue weighted by molar-refractivity contribution is 9.09. The molecular weight excluding hydrogens is 223 g/mol. The van der Waals surface area contributed by atoms with Gasteiger partial charge in [-0.25, -0.2) is 4.39 Å². The highest BCUT2D eigenvalue weighted by Crippen LogP contribution is 2.10. The van der Waals surface area contributed by atoms with Crippen LogP contribution in [-0.2, 0) is 0 Å². The van der Waals surface area contributed by atoms with Crippen LogP contribution in [0.5, 0.6) is 5.75 Å². The average Bonchev–Trinajstić information content (AvgIpc) is 2.16. The van der Waals surface area contributed by atoms with Crippen LogP contribution in [0.3, 0.4) is 0 Å². The molecule has 12 heavy (non-hydrogen) atoms. The summed E-state index contributed by atoms with van der Waals surface area (Å²) in [4.78, 5) is -0.210. The van der Waals surface area contributed by atoms with E-state index in [4.69, 9.17) is 4.74 Å². The lowest BCUT2D eigenvalue weighted by molar-refractivity contribution is 0.299. The van der Waals surface area contributed by atoms with Crippen molar-refractivity contribution >= 4 is 15.9 Å². The van der Waals surface area contributed by atoms with E-state index in [9.17, 15) is 4.39 Å². The van der Waals surface area contributed by atoms with Gasteiger partial charge >= 0.3 is 0 Å². The van der Waals surface area contributed by atoms with Gasteiger partial charge in [0.25, 0.3) is 0 Å². The molecule has 0 N–H and O–H groups in total. The Bertz CT molecular complexity index is 215. The molecule has 0 aromatic heterocycles. The SMILES string of the molecule is FCC(Br)COc1ccccc1. The molecule has 0 saturated carbocycles. The summed E-state index contributed by atoms with van der Waals surface area (Å²) in [5.41, 5.74) is 0. The minimum Gasteiger partial charge on any atom is -0.492 e. The van der Waals surface area contributed by atoms with E-state index in [0.29, 0.717) is 6.61 Å². The van der Waals surface area contributed by atoms with Crippen LogP contribution >= 0.6 is 15.9 Å². The molecular formula is C9H10BrFO. The lowest BCUT2D eigenvalue weighted by atomic mass is 10.3. The molecule has 1 unspecified atom stereocenters. The van der Waals surface area contributed by atoms with Crippen molar-refractivity contribution in [2.75, 3.05) is 13.3 Å². The lowest BCUT2D eigenvalue weighted by Crippen LogP contribution is -2.12. The molecule has 0 aliphatic carbocycles. The Morgan fingerprint density at radius 2 is 2.00 bits per heavy atom. The van der Waals surface area contributed by atoms with Crippen LogP contribution in [0.15, 0.2) is 30.3 Å². The van der Waals surface area contributed by atoms with Gasteiger partial charge in [-0.2, -0.15) is 0 Å². The molecule has 1 aromatic rings. The number of benzene rings is 1. The van der Waals surface area contributed by atoms with Crippen molar-refractivity contribution in [1.82, 2.24) is 0 Å². The summed E-state index contributed by atoms with van der Waals surface area (Å²) < 4.78 is 17.2.